The second-order valence-corrected chi connectivity index (χ2v) is 11.3. The first-order chi connectivity index (χ1) is 22.0. The number of hydrogen-bond donors (Lipinski definition) is 1. The molecule has 0 saturated carbocycles. The van der Waals surface area contributed by atoms with Gasteiger partial charge in [0.2, 0.25) is 5.91 Å². The van der Waals surface area contributed by atoms with Crippen LogP contribution in [-0.4, -0.2) is 90.4 Å². The van der Waals surface area contributed by atoms with E-state index in [1.54, 1.807) is 17.3 Å². The van der Waals surface area contributed by atoms with Crippen LogP contribution in [0.5, 0.6) is 0 Å². The molecule has 45 heavy (non-hydrogen) atoms. The van der Waals surface area contributed by atoms with Gasteiger partial charge in [0.05, 0.1) is 17.5 Å². The van der Waals surface area contributed by atoms with E-state index in [-0.39, 0.29) is 17.9 Å². The van der Waals surface area contributed by atoms with E-state index in [0.717, 1.165) is 23.4 Å². The average Bonchev–Trinajstić information content (AvgIpc) is 3.74. The number of amides is 3. The summed E-state index contributed by atoms with van der Waals surface area (Å²) in [5.74, 6) is 1.12. The van der Waals surface area contributed by atoms with Crippen LogP contribution in [0.15, 0.2) is 91.8 Å². The number of nitrogen functional groups attached to an aromatic ring is 1. The quantitative estimate of drug-likeness (QED) is 0.298. The number of aromatic nitrogens is 5. The summed E-state index contributed by atoms with van der Waals surface area (Å²) in [4.78, 5) is 49.5. The normalized spacial score (nSPS) is 16.7. The van der Waals surface area contributed by atoms with Gasteiger partial charge in [-0.15, -0.1) is 0 Å². The lowest BCUT2D eigenvalue weighted by molar-refractivity contribution is -0.127. The lowest BCUT2D eigenvalue weighted by atomic mass is 9.98. The third-order valence-corrected chi connectivity index (χ3v) is 8.64. The highest BCUT2D eigenvalue weighted by atomic mass is 16.2. The average molecular weight is 600 g/mol. The Morgan fingerprint density at radius 3 is 2.33 bits per heavy atom. The maximum Gasteiger partial charge on any atom is 0.320 e. The minimum Gasteiger partial charge on any atom is -0.383 e. The fourth-order valence-electron chi connectivity index (χ4n) is 6.18. The lowest BCUT2D eigenvalue weighted by Crippen LogP contribution is -2.53. The number of fused-ring (bicyclic) bond motifs is 1. The van der Waals surface area contributed by atoms with E-state index in [2.05, 4.69) is 40.8 Å². The molecule has 11 nitrogen and oxygen atoms in total. The molecule has 0 aliphatic carbocycles. The van der Waals surface area contributed by atoms with Gasteiger partial charge in [-0.1, -0.05) is 49.0 Å². The number of imidazole rings is 1. The first kappa shape index (κ1) is 28.2. The third kappa shape index (κ3) is 5.37. The number of rotatable bonds is 5. The second-order valence-electron chi connectivity index (χ2n) is 11.3. The van der Waals surface area contributed by atoms with Crippen LogP contribution < -0.4 is 5.73 Å². The summed E-state index contributed by atoms with van der Waals surface area (Å²) in [6, 6.07) is 22.1. The topological polar surface area (TPSA) is 126 Å². The van der Waals surface area contributed by atoms with Gasteiger partial charge in [0, 0.05) is 62.6 Å². The van der Waals surface area contributed by atoms with Crippen molar-refractivity contribution in [3.05, 3.63) is 97.3 Å². The summed E-state index contributed by atoms with van der Waals surface area (Å²) in [5, 5.41) is 0. The van der Waals surface area contributed by atoms with Gasteiger partial charge < -0.3 is 20.4 Å². The van der Waals surface area contributed by atoms with Gasteiger partial charge in [-0.05, 0) is 42.3 Å². The third-order valence-electron chi connectivity index (χ3n) is 8.64. The minimum absolute atomic E-state index is 0.0382. The maximum absolute atomic E-state index is 13.3. The molecule has 11 heteroatoms. The Morgan fingerprint density at radius 2 is 1.60 bits per heavy atom. The van der Waals surface area contributed by atoms with Crippen molar-refractivity contribution in [2.75, 3.05) is 45.0 Å². The van der Waals surface area contributed by atoms with Gasteiger partial charge in [0.15, 0.2) is 17.1 Å². The largest absolute Gasteiger partial charge is 0.383 e. The van der Waals surface area contributed by atoms with Crippen LogP contribution in [0.4, 0.5) is 10.6 Å². The number of carbonyl (C=O) groups excluding carboxylic acids is 2. The highest BCUT2D eigenvalue weighted by molar-refractivity contribution is 5.87. The lowest BCUT2D eigenvalue weighted by Gasteiger charge is -2.36. The molecule has 2 fully saturated rings. The predicted molar refractivity (Wildman–Crippen MR) is 172 cm³/mol. The van der Waals surface area contributed by atoms with E-state index in [0.29, 0.717) is 67.8 Å². The van der Waals surface area contributed by atoms with Gasteiger partial charge in [-0.3, -0.25) is 9.36 Å². The van der Waals surface area contributed by atoms with E-state index >= 15 is 0 Å². The summed E-state index contributed by atoms with van der Waals surface area (Å²) in [7, 11) is 0. The Hall–Kier alpha value is -5.58. The molecule has 5 aromatic rings. The van der Waals surface area contributed by atoms with Crippen molar-refractivity contribution in [1.29, 1.82) is 0 Å². The van der Waals surface area contributed by atoms with E-state index in [1.165, 1.54) is 11.6 Å². The molecule has 7 rings (SSSR count). The Kier molecular flexibility index (Phi) is 7.42. The highest BCUT2D eigenvalue weighted by Gasteiger charge is 2.32. The molecular weight excluding hydrogens is 566 g/mol. The van der Waals surface area contributed by atoms with E-state index in [9.17, 15) is 9.59 Å². The SMILES string of the molecule is C=CC(=O)N1CCN(C(=O)N2CCC(c3ccc(-n4c(-c5cccnc5N)nc5ncc(-c6ccccc6)nc54)cc3)C2)CC1. The number of likely N-dealkylation sites (tertiary alicyclic amines) is 1. The van der Waals surface area contributed by atoms with Crippen LogP contribution >= 0.6 is 0 Å². The zero-order chi connectivity index (χ0) is 30.9. The van der Waals surface area contributed by atoms with Crippen molar-refractivity contribution in [3.63, 3.8) is 0 Å². The molecule has 0 spiro atoms. The molecule has 2 saturated heterocycles. The molecule has 2 aromatic carbocycles. The number of anilines is 1. The standard InChI is InChI=1S/C34H33N9O2/c1-2-29(44)40-17-19-41(20-18-40)34(45)42-16-14-25(22-42)23-10-12-26(13-11-23)43-32(27-9-6-15-36-30(27)35)39-31-33(43)38-28(21-37-31)24-7-4-3-5-8-24/h2-13,15,21,25H,1,14,16-20,22H2,(H2,35,36). The molecule has 2 aliphatic rings. The number of nitrogens with zero attached hydrogens (tertiary/aromatic N) is 8. The number of pyridine rings is 1. The fraction of sp³-hybridized carbons (Fsp3) is 0.235. The fourth-order valence-corrected chi connectivity index (χ4v) is 6.18. The summed E-state index contributed by atoms with van der Waals surface area (Å²) in [5.41, 5.74) is 11.9. The van der Waals surface area contributed by atoms with Crippen LogP contribution in [0.3, 0.4) is 0 Å². The molecule has 0 bridgehead atoms. The van der Waals surface area contributed by atoms with Gasteiger partial charge in [0.25, 0.3) is 0 Å². The minimum atomic E-state index is -0.0878. The number of carbonyl (C=O) groups is 2. The van der Waals surface area contributed by atoms with Crippen LogP contribution in [0.2, 0.25) is 0 Å². The van der Waals surface area contributed by atoms with Crippen molar-refractivity contribution in [1.82, 2.24) is 39.2 Å². The monoisotopic (exact) mass is 599 g/mol. The molecule has 226 valence electrons. The predicted octanol–water partition coefficient (Wildman–Crippen LogP) is 4.37. The number of benzene rings is 2. The molecule has 0 radical (unpaired) electrons. The van der Waals surface area contributed by atoms with Crippen LogP contribution in [0.1, 0.15) is 17.9 Å². The van der Waals surface area contributed by atoms with Gasteiger partial charge >= 0.3 is 6.03 Å². The molecule has 3 amide bonds. The molecule has 3 aromatic heterocycles. The van der Waals surface area contributed by atoms with Gasteiger partial charge in [0.1, 0.15) is 5.82 Å². The zero-order valence-electron chi connectivity index (χ0n) is 24.8. The van der Waals surface area contributed by atoms with Crippen molar-refractivity contribution in [3.8, 4) is 28.3 Å². The molecular formula is C34H33N9O2. The van der Waals surface area contributed by atoms with Crippen LogP contribution in [-0.2, 0) is 4.79 Å². The van der Waals surface area contributed by atoms with Crippen molar-refractivity contribution >= 4 is 29.1 Å². The Morgan fingerprint density at radius 1 is 0.844 bits per heavy atom. The summed E-state index contributed by atoms with van der Waals surface area (Å²) in [6.45, 7) is 7.04. The molecule has 2 aliphatic heterocycles. The zero-order valence-corrected chi connectivity index (χ0v) is 24.8. The number of urea groups is 1. The summed E-state index contributed by atoms with van der Waals surface area (Å²) in [6.07, 6.45) is 5.61. The Labute approximate surface area is 260 Å². The smallest absolute Gasteiger partial charge is 0.320 e. The Balaban J connectivity index is 1.15. The Bertz CT molecular complexity index is 1880. The van der Waals surface area contributed by atoms with E-state index in [4.69, 9.17) is 15.7 Å². The maximum atomic E-state index is 13.3. The first-order valence-electron chi connectivity index (χ1n) is 15.1. The molecule has 5 heterocycles. The van der Waals surface area contributed by atoms with E-state index < -0.39 is 0 Å². The number of nitrogens with two attached hydrogens (primary N) is 1. The van der Waals surface area contributed by atoms with Crippen molar-refractivity contribution < 1.29 is 9.59 Å². The van der Waals surface area contributed by atoms with Gasteiger partial charge in [-0.2, -0.15) is 0 Å². The summed E-state index contributed by atoms with van der Waals surface area (Å²) >= 11 is 0. The summed E-state index contributed by atoms with van der Waals surface area (Å²) < 4.78 is 1.98. The van der Waals surface area contributed by atoms with Crippen molar-refractivity contribution in [2.45, 2.75) is 12.3 Å². The molecule has 1 unspecified atom stereocenters. The highest BCUT2D eigenvalue weighted by Crippen LogP contribution is 2.33. The van der Waals surface area contributed by atoms with E-state index in [1.807, 2.05) is 56.8 Å². The number of hydrogen-bond acceptors (Lipinski definition) is 7. The molecule has 1 atom stereocenters. The second kappa shape index (κ2) is 11.8. The number of piperazine rings is 1. The molecule has 2 N–H and O–H groups in total. The van der Waals surface area contributed by atoms with Gasteiger partial charge in [-0.25, -0.2) is 24.7 Å². The first-order valence-corrected chi connectivity index (χ1v) is 15.1. The van der Waals surface area contributed by atoms with Crippen LogP contribution in [0, 0.1) is 0 Å². The van der Waals surface area contributed by atoms with Crippen LogP contribution in [0.25, 0.3) is 39.6 Å². The van der Waals surface area contributed by atoms with Crippen molar-refractivity contribution in [2.24, 2.45) is 0 Å².